The Balaban J connectivity index is 0.000000960. The first-order valence-corrected chi connectivity index (χ1v) is 9.11. The summed E-state index contributed by atoms with van der Waals surface area (Å²) in [6.45, 7) is 1.58. The zero-order valence-corrected chi connectivity index (χ0v) is 16.9. The van der Waals surface area contributed by atoms with Gasteiger partial charge in [0.2, 0.25) is 0 Å². The van der Waals surface area contributed by atoms with Gasteiger partial charge in [-0.1, -0.05) is 18.2 Å². The van der Waals surface area contributed by atoms with Crippen LogP contribution in [0.2, 0.25) is 0 Å². The number of hydrogen-bond acceptors (Lipinski definition) is 5. The summed E-state index contributed by atoms with van der Waals surface area (Å²) in [5, 5.41) is 37.7. The van der Waals surface area contributed by atoms with Crippen molar-refractivity contribution in [3.05, 3.63) is 70.5 Å². The second-order valence-electron chi connectivity index (χ2n) is 6.93. The molecule has 0 spiro atoms. The van der Waals surface area contributed by atoms with Gasteiger partial charge in [-0.05, 0) is 74.4 Å². The topological polar surface area (TPSA) is 105 Å². The van der Waals surface area contributed by atoms with Crippen LogP contribution in [0.4, 0.5) is 4.39 Å². The number of aliphatic carboxylic acids is 1. The van der Waals surface area contributed by atoms with Crippen molar-refractivity contribution in [3.63, 3.8) is 0 Å². The number of nitrogens with zero attached hydrogens (tertiary/aromatic N) is 2. The Kier molecular flexibility index (Phi) is 9.42. The fourth-order valence-electron chi connectivity index (χ4n) is 3.01. The third kappa shape index (κ3) is 7.27. The summed E-state index contributed by atoms with van der Waals surface area (Å²) in [4.78, 5) is 11.0. The average Bonchev–Trinajstić information content (AvgIpc) is 2.67. The number of carbonyl (C=O) groups is 1. The van der Waals surface area contributed by atoms with Crippen LogP contribution in [0.3, 0.4) is 0 Å². The first kappa shape index (κ1) is 24.2. The molecule has 0 bridgehead atoms. The summed E-state index contributed by atoms with van der Waals surface area (Å²) in [6, 6.07) is 12.7. The van der Waals surface area contributed by atoms with Gasteiger partial charge in [0.15, 0.2) is 0 Å². The van der Waals surface area contributed by atoms with Gasteiger partial charge in [0.05, 0.1) is 18.2 Å². The lowest BCUT2D eigenvalue weighted by molar-refractivity contribution is -0.134. The van der Waals surface area contributed by atoms with E-state index in [4.69, 9.17) is 15.2 Å². The quantitative estimate of drug-likeness (QED) is 0.658. The van der Waals surface area contributed by atoms with Crippen LogP contribution < -0.4 is 0 Å². The summed E-state index contributed by atoms with van der Waals surface area (Å²) in [5.74, 6) is -1.21. The van der Waals surface area contributed by atoms with E-state index >= 15 is 0 Å². The Hall–Kier alpha value is -2.79. The van der Waals surface area contributed by atoms with Crippen LogP contribution in [0.5, 0.6) is 0 Å². The molecule has 0 aromatic heterocycles. The van der Waals surface area contributed by atoms with E-state index in [1.54, 1.807) is 30.3 Å². The molecule has 2 rings (SSSR count). The average molecular weight is 402 g/mol. The van der Waals surface area contributed by atoms with Crippen molar-refractivity contribution < 1.29 is 24.5 Å². The smallest absolute Gasteiger partial charge is 0.300 e. The molecule has 0 aliphatic carbocycles. The van der Waals surface area contributed by atoms with E-state index in [0.717, 1.165) is 13.5 Å². The van der Waals surface area contributed by atoms with Crippen LogP contribution in [0, 0.1) is 17.1 Å². The van der Waals surface area contributed by atoms with Crippen molar-refractivity contribution >= 4 is 5.97 Å². The van der Waals surface area contributed by atoms with Crippen molar-refractivity contribution in [3.8, 4) is 6.07 Å². The summed E-state index contributed by atoms with van der Waals surface area (Å²) < 4.78 is 13.3. The van der Waals surface area contributed by atoms with Crippen molar-refractivity contribution in [1.82, 2.24) is 4.90 Å². The Bertz CT molecular complexity index is 843. The molecule has 0 saturated carbocycles. The maximum atomic E-state index is 13.3. The molecule has 2 aromatic carbocycles. The third-order valence-corrected chi connectivity index (χ3v) is 4.32. The molecular formula is C22H27FN2O4. The van der Waals surface area contributed by atoms with Crippen LogP contribution in [-0.2, 0) is 17.0 Å². The van der Waals surface area contributed by atoms with E-state index in [1.807, 2.05) is 25.1 Å². The summed E-state index contributed by atoms with van der Waals surface area (Å²) in [7, 11) is 3.91. The number of rotatable bonds is 7. The highest BCUT2D eigenvalue weighted by molar-refractivity contribution is 5.62. The van der Waals surface area contributed by atoms with Gasteiger partial charge in [-0.25, -0.2) is 4.39 Å². The lowest BCUT2D eigenvalue weighted by Gasteiger charge is -2.32. The SMILES string of the molecule is CC(=O)O.CN(C)CCCC(O)(c1ccc(F)cc1)c1ccc(C#N)cc1CO. The second kappa shape index (κ2) is 11.3. The van der Waals surface area contributed by atoms with Crippen LogP contribution in [0.15, 0.2) is 42.5 Å². The van der Waals surface area contributed by atoms with Crippen LogP contribution in [-0.4, -0.2) is 46.8 Å². The molecule has 0 fully saturated rings. The molecule has 0 heterocycles. The Labute approximate surface area is 170 Å². The van der Waals surface area contributed by atoms with Crippen LogP contribution in [0.25, 0.3) is 0 Å². The van der Waals surface area contributed by atoms with Gasteiger partial charge < -0.3 is 20.2 Å². The maximum Gasteiger partial charge on any atom is 0.300 e. The highest BCUT2D eigenvalue weighted by Gasteiger charge is 2.33. The zero-order chi connectivity index (χ0) is 22.0. The molecule has 0 aliphatic heterocycles. The molecule has 0 amide bonds. The molecule has 0 saturated heterocycles. The highest BCUT2D eigenvalue weighted by Crippen LogP contribution is 2.36. The van der Waals surface area contributed by atoms with Crippen LogP contribution in [0.1, 0.15) is 42.0 Å². The highest BCUT2D eigenvalue weighted by atomic mass is 19.1. The fourth-order valence-corrected chi connectivity index (χ4v) is 3.01. The normalized spacial score (nSPS) is 12.5. The number of aliphatic hydroxyl groups excluding tert-OH is 1. The second-order valence-corrected chi connectivity index (χ2v) is 6.93. The van der Waals surface area contributed by atoms with E-state index in [-0.39, 0.29) is 12.4 Å². The standard InChI is InChI=1S/C20H23FN2O2.C2H4O2/c1-23(2)11-3-10-20(25,17-5-7-18(21)8-6-17)19-9-4-15(13-22)12-16(19)14-24;1-2(3)4/h4-9,12,24-25H,3,10-11,14H2,1-2H3;1H3,(H,3,4). The number of hydrogen-bond donors (Lipinski definition) is 3. The van der Waals surface area contributed by atoms with Gasteiger partial charge in [-0.2, -0.15) is 5.26 Å². The van der Waals surface area contributed by atoms with Gasteiger partial charge in [0.25, 0.3) is 5.97 Å². The first-order valence-electron chi connectivity index (χ1n) is 9.11. The minimum atomic E-state index is -1.37. The molecule has 2 aromatic rings. The van der Waals surface area contributed by atoms with Crippen molar-refractivity contribution in [2.24, 2.45) is 0 Å². The fraction of sp³-hybridized carbons (Fsp3) is 0.364. The first-order chi connectivity index (χ1) is 13.6. The number of benzene rings is 2. The van der Waals surface area contributed by atoms with E-state index in [0.29, 0.717) is 35.1 Å². The van der Waals surface area contributed by atoms with Gasteiger partial charge in [-0.3, -0.25) is 4.79 Å². The van der Waals surface area contributed by atoms with Crippen molar-refractivity contribution in [2.45, 2.75) is 32.0 Å². The maximum absolute atomic E-state index is 13.3. The largest absolute Gasteiger partial charge is 0.481 e. The predicted octanol–water partition coefficient (Wildman–Crippen LogP) is 2.86. The Morgan fingerprint density at radius 3 is 2.28 bits per heavy atom. The predicted molar refractivity (Wildman–Crippen MR) is 108 cm³/mol. The summed E-state index contributed by atoms with van der Waals surface area (Å²) in [6.07, 6.45) is 1.13. The van der Waals surface area contributed by atoms with E-state index in [1.165, 1.54) is 12.1 Å². The lowest BCUT2D eigenvalue weighted by Crippen LogP contribution is -2.30. The van der Waals surface area contributed by atoms with Gasteiger partial charge in [0, 0.05) is 6.92 Å². The number of carboxylic acid groups (broad SMARTS) is 1. The molecule has 29 heavy (non-hydrogen) atoms. The summed E-state index contributed by atoms with van der Waals surface area (Å²) >= 11 is 0. The van der Waals surface area contributed by atoms with E-state index in [2.05, 4.69) is 0 Å². The van der Waals surface area contributed by atoms with Gasteiger partial charge >= 0.3 is 0 Å². The summed E-state index contributed by atoms with van der Waals surface area (Å²) in [5.41, 5.74) is 0.653. The molecule has 3 N–H and O–H groups in total. The minimum Gasteiger partial charge on any atom is -0.481 e. The van der Waals surface area contributed by atoms with Crippen LogP contribution >= 0.6 is 0 Å². The molecule has 6 nitrogen and oxygen atoms in total. The Morgan fingerprint density at radius 1 is 1.21 bits per heavy atom. The number of aliphatic hydroxyl groups is 2. The van der Waals surface area contributed by atoms with Crippen molar-refractivity contribution in [2.75, 3.05) is 20.6 Å². The number of halogens is 1. The molecule has 0 aliphatic rings. The molecule has 156 valence electrons. The lowest BCUT2D eigenvalue weighted by atomic mass is 9.80. The Morgan fingerprint density at radius 2 is 1.79 bits per heavy atom. The molecule has 1 atom stereocenters. The molecule has 7 heteroatoms. The monoisotopic (exact) mass is 402 g/mol. The molecular weight excluding hydrogens is 375 g/mol. The van der Waals surface area contributed by atoms with E-state index < -0.39 is 11.6 Å². The number of nitriles is 1. The van der Waals surface area contributed by atoms with Gasteiger partial charge in [0.1, 0.15) is 11.4 Å². The van der Waals surface area contributed by atoms with E-state index in [9.17, 15) is 14.6 Å². The molecule has 0 radical (unpaired) electrons. The zero-order valence-electron chi connectivity index (χ0n) is 16.9. The third-order valence-electron chi connectivity index (χ3n) is 4.32. The number of carboxylic acids is 1. The van der Waals surface area contributed by atoms with Gasteiger partial charge in [-0.15, -0.1) is 0 Å². The van der Waals surface area contributed by atoms with Crippen molar-refractivity contribution in [1.29, 1.82) is 5.26 Å². The minimum absolute atomic E-state index is 0.290. The molecule has 1 unspecified atom stereocenters.